The lowest BCUT2D eigenvalue weighted by Crippen LogP contribution is -2.32. The molecule has 2 atom stereocenters. The molecule has 6 heteroatoms. The Bertz CT molecular complexity index is 496. The number of aliphatic hydroxyl groups excluding tert-OH is 2. The van der Waals surface area contributed by atoms with Crippen molar-refractivity contribution in [2.75, 3.05) is 13.7 Å². The first-order valence-corrected chi connectivity index (χ1v) is 6.12. The summed E-state index contributed by atoms with van der Waals surface area (Å²) in [6.45, 7) is -0.364. The van der Waals surface area contributed by atoms with Crippen LogP contribution in [0.25, 0.3) is 0 Å². The van der Waals surface area contributed by atoms with Gasteiger partial charge in [0.15, 0.2) is 11.9 Å². The van der Waals surface area contributed by atoms with Gasteiger partial charge >= 0.3 is 5.97 Å². The third-order valence-electron chi connectivity index (χ3n) is 2.88. The van der Waals surface area contributed by atoms with Crippen LogP contribution in [0.2, 0.25) is 0 Å². The maximum atomic E-state index is 11.7. The summed E-state index contributed by atoms with van der Waals surface area (Å²) >= 11 is 0. The molecule has 6 nitrogen and oxygen atoms in total. The normalized spacial score (nSPS) is 19.8. The molecule has 2 unspecified atom stereocenters. The lowest BCUT2D eigenvalue weighted by Gasteiger charge is -2.16. The van der Waals surface area contributed by atoms with Gasteiger partial charge in [-0.1, -0.05) is 30.3 Å². The smallest absolute Gasteiger partial charge is 0.378 e. The predicted molar refractivity (Wildman–Crippen MR) is 68.2 cm³/mol. The summed E-state index contributed by atoms with van der Waals surface area (Å²) in [5.74, 6) is -0.698. The van der Waals surface area contributed by atoms with Crippen LogP contribution in [0, 0.1) is 0 Å². The van der Waals surface area contributed by atoms with Crippen LogP contribution >= 0.6 is 0 Å². The van der Waals surface area contributed by atoms with E-state index in [1.807, 2.05) is 30.3 Å². The van der Waals surface area contributed by atoms with Crippen LogP contribution in [0.5, 0.6) is 0 Å². The number of carbonyl (C=O) groups is 1. The Labute approximate surface area is 116 Å². The van der Waals surface area contributed by atoms with Crippen molar-refractivity contribution < 1.29 is 29.2 Å². The molecular weight excluding hydrogens is 264 g/mol. The number of methoxy groups -OCH3 is 1. The molecule has 0 amide bonds. The van der Waals surface area contributed by atoms with Crippen LogP contribution in [0.3, 0.4) is 0 Å². The molecule has 0 aromatic heterocycles. The Hall–Kier alpha value is -2.05. The third kappa shape index (κ3) is 2.92. The summed E-state index contributed by atoms with van der Waals surface area (Å²) in [6, 6.07) is 9.30. The molecule has 1 aromatic carbocycles. The van der Waals surface area contributed by atoms with Gasteiger partial charge in [-0.2, -0.15) is 0 Å². The van der Waals surface area contributed by atoms with Gasteiger partial charge in [-0.15, -0.1) is 0 Å². The first kappa shape index (κ1) is 14.4. The molecule has 20 heavy (non-hydrogen) atoms. The minimum atomic E-state index is -1.24. The van der Waals surface area contributed by atoms with Gasteiger partial charge in [0, 0.05) is 0 Å². The molecule has 1 heterocycles. The number of aliphatic hydroxyl groups is 2. The summed E-state index contributed by atoms with van der Waals surface area (Å²) in [4.78, 5) is 11.7. The second-order valence-electron chi connectivity index (χ2n) is 4.25. The fraction of sp³-hybridized carbons (Fsp3) is 0.357. The van der Waals surface area contributed by atoms with Gasteiger partial charge < -0.3 is 24.4 Å². The first-order valence-electron chi connectivity index (χ1n) is 6.12. The van der Waals surface area contributed by atoms with E-state index in [1.54, 1.807) is 0 Å². The van der Waals surface area contributed by atoms with Crippen molar-refractivity contribution in [3.63, 3.8) is 0 Å². The van der Waals surface area contributed by atoms with Crippen LogP contribution in [-0.4, -0.2) is 42.1 Å². The maximum absolute atomic E-state index is 11.7. The van der Waals surface area contributed by atoms with Crippen molar-refractivity contribution in [3.05, 3.63) is 47.4 Å². The first-order chi connectivity index (χ1) is 9.67. The maximum Gasteiger partial charge on any atom is 0.378 e. The van der Waals surface area contributed by atoms with E-state index in [0.29, 0.717) is 0 Å². The molecule has 108 valence electrons. The van der Waals surface area contributed by atoms with E-state index >= 15 is 0 Å². The van der Waals surface area contributed by atoms with Crippen LogP contribution in [0.4, 0.5) is 0 Å². The van der Waals surface area contributed by atoms with Gasteiger partial charge in [-0.05, 0) is 5.56 Å². The zero-order chi connectivity index (χ0) is 14.5. The number of carbonyl (C=O) groups excluding carboxylic acids is 1. The Morgan fingerprint density at radius 2 is 2.05 bits per heavy atom. The second-order valence-corrected chi connectivity index (χ2v) is 4.25. The summed E-state index contributed by atoms with van der Waals surface area (Å²) in [5, 5.41) is 18.5. The predicted octanol–water partition coefficient (Wildman–Crippen LogP) is 0.340. The molecular formula is C14H16O6. The lowest BCUT2D eigenvalue weighted by molar-refractivity contribution is -0.148. The number of benzene rings is 1. The van der Waals surface area contributed by atoms with Gasteiger partial charge in [-0.25, -0.2) is 4.79 Å². The quantitative estimate of drug-likeness (QED) is 0.731. The standard InChI is InChI=1S/C14H16O6/c1-18-12-11(10(16)7-15)20-14(17)13(12)19-8-9-5-3-2-4-6-9/h2-6,10-11,15-16H,7-8H2,1H3. The summed E-state index contributed by atoms with van der Waals surface area (Å²) in [6.07, 6.45) is -2.28. The Morgan fingerprint density at radius 1 is 1.35 bits per heavy atom. The minimum Gasteiger partial charge on any atom is -0.493 e. The van der Waals surface area contributed by atoms with Gasteiger partial charge in [-0.3, -0.25) is 0 Å². The van der Waals surface area contributed by atoms with Gasteiger partial charge in [0.05, 0.1) is 13.7 Å². The fourth-order valence-electron chi connectivity index (χ4n) is 1.87. The lowest BCUT2D eigenvalue weighted by atomic mass is 10.2. The molecule has 0 saturated carbocycles. The number of cyclic esters (lactones) is 1. The molecule has 0 saturated heterocycles. The Kier molecular flexibility index (Phi) is 4.60. The van der Waals surface area contributed by atoms with Crippen molar-refractivity contribution in [1.82, 2.24) is 0 Å². The largest absolute Gasteiger partial charge is 0.493 e. The van der Waals surface area contributed by atoms with E-state index in [9.17, 15) is 9.90 Å². The van der Waals surface area contributed by atoms with E-state index in [1.165, 1.54) is 7.11 Å². The van der Waals surface area contributed by atoms with Crippen LogP contribution in [0.1, 0.15) is 5.56 Å². The van der Waals surface area contributed by atoms with Gasteiger partial charge in [0.2, 0.25) is 5.76 Å². The van der Waals surface area contributed by atoms with Gasteiger partial charge in [0.1, 0.15) is 12.7 Å². The molecule has 1 aliphatic heterocycles. The van der Waals surface area contributed by atoms with Crippen LogP contribution in [0.15, 0.2) is 41.9 Å². The summed E-state index contributed by atoms with van der Waals surface area (Å²) < 4.78 is 15.4. The highest BCUT2D eigenvalue weighted by molar-refractivity contribution is 5.89. The highest BCUT2D eigenvalue weighted by Gasteiger charge is 2.41. The van der Waals surface area contributed by atoms with Crippen LogP contribution < -0.4 is 0 Å². The van der Waals surface area contributed by atoms with Crippen molar-refractivity contribution in [2.45, 2.75) is 18.8 Å². The molecule has 0 radical (unpaired) electrons. The zero-order valence-electron chi connectivity index (χ0n) is 11.0. The Balaban J connectivity index is 2.12. The SMILES string of the molecule is COC1=C(OCc2ccccc2)C(=O)OC1C(O)CO. The molecule has 0 spiro atoms. The molecule has 1 aliphatic rings. The number of hydrogen-bond acceptors (Lipinski definition) is 6. The average Bonchev–Trinajstić information content (AvgIpc) is 2.81. The minimum absolute atomic E-state index is 0.0751. The molecule has 0 aliphatic carbocycles. The van der Waals surface area contributed by atoms with E-state index in [-0.39, 0.29) is 18.1 Å². The van der Waals surface area contributed by atoms with E-state index in [0.717, 1.165) is 5.56 Å². The number of esters is 1. The number of rotatable bonds is 6. The molecule has 2 N–H and O–H groups in total. The van der Waals surface area contributed by atoms with Crippen LogP contribution in [-0.2, 0) is 25.6 Å². The second kappa shape index (κ2) is 6.40. The highest BCUT2D eigenvalue weighted by Crippen LogP contribution is 2.27. The monoisotopic (exact) mass is 280 g/mol. The van der Waals surface area contributed by atoms with Crippen molar-refractivity contribution in [3.8, 4) is 0 Å². The zero-order valence-corrected chi connectivity index (χ0v) is 11.0. The molecule has 0 bridgehead atoms. The van der Waals surface area contributed by atoms with Crippen molar-refractivity contribution >= 4 is 5.97 Å². The Morgan fingerprint density at radius 3 is 2.65 bits per heavy atom. The van der Waals surface area contributed by atoms with Crippen molar-refractivity contribution in [1.29, 1.82) is 0 Å². The average molecular weight is 280 g/mol. The van der Waals surface area contributed by atoms with E-state index in [2.05, 4.69) is 0 Å². The summed E-state index contributed by atoms with van der Waals surface area (Å²) in [5.41, 5.74) is 0.884. The fourth-order valence-corrected chi connectivity index (χ4v) is 1.87. The third-order valence-corrected chi connectivity index (χ3v) is 2.88. The molecule has 0 fully saturated rings. The number of hydrogen-bond donors (Lipinski definition) is 2. The van der Waals surface area contributed by atoms with E-state index < -0.39 is 24.8 Å². The van der Waals surface area contributed by atoms with Gasteiger partial charge in [0.25, 0.3) is 0 Å². The highest BCUT2D eigenvalue weighted by atomic mass is 16.6. The van der Waals surface area contributed by atoms with Crippen molar-refractivity contribution in [2.24, 2.45) is 0 Å². The summed E-state index contributed by atoms with van der Waals surface area (Å²) in [7, 11) is 1.35. The molecule has 2 rings (SSSR count). The number of ether oxygens (including phenoxy) is 3. The topological polar surface area (TPSA) is 85.2 Å². The van der Waals surface area contributed by atoms with E-state index in [4.69, 9.17) is 19.3 Å². The molecule has 1 aromatic rings.